The Balaban J connectivity index is -0.00000122. The molecule has 312 valence electrons. The van der Waals surface area contributed by atoms with E-state index in [1.165, 1.54) is 34.4 Å². The van der Waals surface area contributed by atoms with Crippen molar-refractivity contribution in [2.24, 2.45) is 15.8 Å². The summed E-state index contributed by atoms with van der Waals surface area (Å²) in [7, 11) is 0. The molecule has 0 heterocycles. The molecule has 0 atom stereocenters. The Bertz CT molecular complexity index is 1460. The van der Waals surface area contributed by atoms with E-state index >= 15 is 0 Å². The molecule has 0 bridgehead atoms. The number of allylic oxidation sites excluding steroid dienone is 2. The van der Waals surface area contributed by atoms with Crippen LogP contribution in [0, 0.1) is 10.8 Å². The number of ether oxygens (including phenoxy) is 2. The maximum absolute atomic E-state index is 10.3. The van der Waals surface area contributed by atoms with Crippen molar-refractivity contribution in [1.82, 2.24) is 0 Å². The van der Waals surface area contributed by atoms with E-state index in [-0.39, 0.29) is 85.0 Å². The molecule has 3 rings (SSSR count). The van der Waals surface area contributed by atoms with Crippen molar-refractivity contribution in [2.75, 3.05) is 26.4 Å². The average Bonchev–Trinajstić information content (AvgIpc) is 3.08. The van der Waals surface area contributed by atoms with Gasteiger partial charge in [0.25, 0.3) is 0 Å². The second-order valence-corrected chi connectivity index (χ2v) is 16.7. The van der Waals surface area contributed by atoms with Crippen LogP contribution in [0.15, 0.2) is 83.5 Å². The zero-order valence-electron chi connectivity index (χ0n) is 39.0. The quantitative estimate of drug-likeness (QED) is 0.135. The Morgan fingerprint density at radius 2 is 0.946 bits per heavy atom. The van der Waals surface area contributed by atoms with Gasteiger partial charge in [-0.3, -0.25) is 4.99 Å². The molecule has 0 N–H and O–H groups in total. The van der Waals surface area contributed by atoms with Crippen molar-refractivity contribution < 1.29 is 83.0 Å². The number of rotatable bonds is 12. The fourth-order valence-electron chi connectivity index (χ4n) is 5.31. The molecule has 0 aromatic heterocycles. The van der Waals surface area contributed by atoms with Gasteiger partial charge in [-0.05, 0) is 67.9 Å². The van der Waals surface area contributed by atoms with Crippen LogP contribution in [0.2, 0.25) is 0 Å². The normalized spacial score (nSPS) is 11.8. The molecule has 0 saturated heterocycles. The van der Waals surface area contributed by atoms with Crippen molar-refractivity contribution >= 4 is 17.1 Å². The fraction of sp³-hybridized carbons (Fsp3) is 0.571. The Hall–Kier alpha value is -1.25. The molecule has 0 aliphatic carbocycles. The van der Waals surface area contributed by atoms with Crippen LogP contribution >= 0.6 is 0 Å². The zero-order chi connectivity index (χ0) is 41.6. The molecule has 0 radical (unpaired) electrons. The predicted octanol–water partition coefficient (Wildman–Crippen LogP) is 11.8. The van der Waals surface area contributed by atoms with E-state index in [0.29, 0.717) is 23.7 Å². The van der Waals surface area contributed by atoms with E-state index in [0.717, 1.165) is 49.2 Å². The van der Waals surface area contributed by atoms with Gasteiger partial charge in [-0.25, -0.2) is 0 Å². The van der Waals surface area contributed by atoms with Crippen LogP contribution in [0.3, 0.4) is 0 Å². The molecular formula is C49H78FeKN2O3-. The molecule has 0 amide bonds. The predicted molar refractivity (Wildman–Crippen MR) is 237 cm³/mol. The largest absolute Gasteiger partial charge is 1.00 e. The third kappa shape index (κ3) is 22.8. The second-order valence-electron chi connectivity index (χ2n) is 16.7. The van der Waals surface area contributed by atoms with E-state index < -0.39 is 0 Å². The second kappa shape index (κ2) is 30.7. The van der Waals surface area contributed by atoms with Gasteiger partial charge in [0.15, 0.2) is 0 Å². The SMILES string of the molecule is CC(C)c1cccc(C(C)C)c1N=C(/C=C(\[N-]c1c(C(C)C)cccc1C(C)C)C(C)(C)C)C(C)(C)C.CCOCC.CCOCC.[Fe].[K+].[O-]c1ccccc1. The van der Waals surface area contributed by atoms with Gasteiger partial charge < -0.3 is 19.9 Å². The molecule has 0 aliphatic rings. The monoisotopic (exact) mass is 838 g/mol. The standard InChI is InChI=1S/C35H53N2.C6H6O.2C4H10O.Fe.K/c1-22(2)26-17-15-18-27(23(3)4)32(26)36-30(34(9,10)11)21-31(35(12,13)14)37-33-28(24(5)6)19-16-20-29(33)25(7)8;7-6-4-2-1-3-5-6;2*1-3-5-4-2;;/h15-25H,1-14H3;1-5,7H;2*3-4H2,1-2H3;;/q-1;;;;;+1/p-1/b30-21-,37-31?;;;;;. The summed E-state index contributed by atoms with van der Waals surface area (Å²) in [6, 6.07) is 21.6. The van der Waals surface area contributed by atoms with Gasteiger partial charge in [0.1, 0.15) is 0 Å². The molecule has 3 aromatic carbocycles. The third-order valence-corrected chi connectivity index (χ3v) is 8.52. The van der Waals surface area contributed by atoms with E-state index in [9.17, 15) is 5.11 Å². The molecule has 0 fully saturated rings. The number of aliphatic imine (C=N–C) groups is 1. The van der Waals surface area contributed by atoms with E-state index in [4.69, 9.17) is 19.8 Å². The van der Waals surface area contributed by atoms with Crippen molar-refractivity contribution in [3.05, 3.63) is 106 Å². The Labute approximate surface area is 398 Å². The topological polar surface area (TPSA) is 68.0 Å². The summed E-state index contributed by atoms with van der Waals surface area (Å²) in [4.78, 5) is 5.46. The van der Waals surface area contributed by atoms with Crippen LogP contribution in [0.5, 0.6) is 5.75 Å². The minimum Gasteiger partial charge on any atom is -0.872 e. The van der Waals surface area contributed by atoms with Crippen molar-refractivity contribution in [1.29, 1.82) is 0 Å². The summed E-state index contributed by atoms with van der Waals surface area (Å²) in [6.45, 7) is 43.0. The van der Waals surface area contributed by atoms with Crippen molar-refractivity contribution in [3.8, 4) is 5.75 Å². The molecule has 7 heteroatoms. The molecular weight excluding hydrogens is 759 g/mol. The summed E-state index contributed by atoms with van der Waals surface area (Å²) in [5, 5.41) is 15.7. The van der Waals surface area contributed by atoms with Crippen LogP contribution in [0.1, 0.15) is 171 Å². The van der Waals surface area contributed by atoms with Crippen LogP contribution in [0.25, 0.3) is 5.32 Å². The van der Waals surface area contributed by atoms with Gasteiger partial charge in [0.2, 0.25) is 0 Å². The minimum atomic E-state index is -0.136. The molecule has 0 saturated carbocycles. The van der Waals surface area contributed by atoms with Crippen LogP contribution in [0.4, 0.5) is 11.4 Å². The average molecular weight is 838 g/mol. The first kappa shape index (κ1) is 59.1. The van der Waals surface area contributed by atoms with Crippen molar-refractivity contribution in [3.63, 3.8) is 0 Å². The van der Waals surface area contributed by atoms with E-state index in [1.54, 1.807) is 12.1 Å². The van der Waals surface area contributed by atoms with Gasteiger partial charge in [0.05, 0.1) is 5.69 Å². The third-order valence-electron chi connectivity index (χ3n) is 8.52. The van der Waals surface area contributed by atoms with Crippen LogP contribution < -0.4 is 56.5 Å². The molecule has 5 nitrogen and oxygen atoms in total. The molecule has 56 heavy (non-hydrogen) atoms. The summed E-state index contributed by atoms with van der Waals surface area (Å²) >= 11 is 0. The van der Waals surface area contributed by atoms with E-state index in [2.05, 4.69) is 139 Å². The number of hydrogen-bond acceptors (Lipinski definition) is 4. The Morgan fingerprint density at radius 3 is 1.20 bits per heavy atom. The van der Waals surface area contributed by atoms with Crippen LogP contribution in [-0.2, 0) is 26.5 Å². The maximum Gasteiger partial charge on any atom is 1.00 e. The molecule has 0 unspecified atom stereocenters. The smallest absolute Gasteiger partial charge is 0.872 e. The van der Waals surface area contributed by atoms with Crippen LogP contribution in [-0.4, -0.2) is 32.1 Å². The number of benzene rings is 3. The van der Waals surface area contributed by atoms with Crippen molar-refractivity contribution in [2.45, 2.75) is 148 Å². The number of nitrogens with zero attached hydrogens (tertiary/aromatic N) is 2. The first-order chi connectivity index (χ1) is 25.2. The maximum atomic E-state index is 10.3. The first-order valence-electron chi connectivity index (χ1n) is 20.3. The molecule has 0 aliphatic heterocycles. The van der Waals surface area contributed by atoms with Gasteiger partial charge in [-0.2, -0.15) is 5.70 Å². The van der Waals surface area contributed by atoms with Gasteiger partial charge in [-0.1, -0.05) is 181 Å². The molecule has 0 spiro atoms. The fourth-order valence-corrected chi connectivity index (χ4v) is 5.31. The van der Waals surface area contributed by atoms with Gasteiger partial charge in [-0.15, -0.1) is 11.4 Å². The van der Waals surface area contributed by atoms with Gasteiger partial charge in [0, 0.05) is 54.6 Å². The minimum absolute atomic E-state index is 0. The Kier molecular flexibility index (Phi) is 32.4. The van der Waals surface area contributed by atoms with E-state index in [1.807, 2.05) is 33.8 Å². The van der Waals surface area contributed by atoms with Gasteiger partial charge >= 0.3 is 51.4 Å². The zero-order valence-corrected chi connectivity index (χ0v) is 43.3. The Morgan fingerprint density at radius 1 is 0.589 bits per heavy atom. The summed E-state index contributed by atoms with van der Waals surface area (Å²) < 4.78 is 9.67. The number of para-hydroxylation sites is 3. The summed E-state index contributed by atoms with van der Waals surface area (Å²) in [5.41, 5.74) is 9.37. The molecule has 3 aromatic rings. The first-order valence-corrected chi connectivity index (χ1v) is 20.3. The summed E-state index contributed by atoms with van der Waals surface area (Å²) in [5.74, 6) is 1.69. The summed E-state index contributed by atoms with van der Waals surface area (Å²) in [6.07, 6.45) is 2.28. The number of hydrogen-bond donors (Lipinski definition) is 0.